The molecule has 0 spiro atoms. The summed E-state index contributed by atoms with van der Waals surface area (Å²) in [6.45, 7) is 2.04. The average molecular weight is 385 g/mol. The number of fused-ring (bicyclic) bond motifs is 1. The molecule has 146 valence electrons. The quantitative estimate of drug-likeness (QED) is 0.420. The van der Waals surface area contributed by atoms with E-state index in [0.29, 0.717) is 5.56 Å². The Balaban J connectivity index is 2.14. The van der Waals surface area contributed by atoms with E-state index in [1.807, 2.05) is 79.7 Å². The van der Waals surface area contributed by atoms with E-state index in [2.05, 4.69) is 10.6 Å². The Morgan fingerprint density at radius 3 is 2.17 bits per heavy atom. The Labute approximate surface area is 170 Å². The van der Waals surface area contributed by atoms with Gasteiger partial charge in [0.25, 0.3) is 0 Å². The lowest BCUT2D eigenvalue weighted by molar-refractivity contribution is 0.0601. The third kappa shape index (κ3) is 3.32. The highest BCUT2D eigenvalue weighted by Gasteiger charge is 2.28. The molecule has 3 aromatic carbocycles. The lowest BCUT2D eigenvalue weighted by Crippen LogP contribution is -2.15. The molecule has 0 aliphatic rings. The summed E-state index contributed by atoms with van der Waals surface area (Å²) >= 11 is 0. The van der Waals surface area contributed by atoms with Crippen LogP contribution in [0.4, 0.5) is 0 Å². The fourth-order valence-corrected chi connectivity index (χ4v) is 3.86. The number of ether oxygens (including phenoxy) is 2. The molecule has 4 aromatic rings. The third-order valence-electron chi connectivity index (χ3n) is 5.14. The van der Waals surface area contributed by atoms with E-state index in [1.165, 1.54) is 7.11 Å². The van der Waals surface area contributed by atoms with Gasteiger partial charge in [-0.05, 0) is 24.1 Å². The normalized spacial score (nSPS) is 12.1. The van der Waals surface area contributed by atoms with Crippen LogP contribution in [0.5, 0.6) is 0 Å². The summed E-state index contributed by atoms with van der Waals surface area (Å²) in [5, 5.41) is 0.847. The average Bonchev–Trinajstić information content (AvgIpc) is 3.09. The second-order valence-electron chi connectivity index (χ2n) is 6.97. The van der Waals surface area contributed by atoms with Gasteiger partial charge in [0.05, 0.1) is 23.9 Å². The Kier molecular flexibility index (Phi) is 5.19. The minimum Gasteiger partial charge on any atom is -0.465 e. The van der Waals surface area contributed by atoms with Gasteiger partial charge in [0.1, 0.15) is 0 Å². The summed E-state index contributed by atoms with van der Waals surface area (Å²) in [6, 6.07) is 26.0. The SMILES string of the molecule is COC(=O)c1c(-c2ccccc2)n(C(OC)c2ccccc2)c2cc(C)ccc12. The highest BCUT2D eigenvalue weighted by Crippen LogP contribution is 2.39. The molecule has 4 rings (SSSR count). The molecule has 0 bridgehead atoms. The van der Waals surface area contributed by atoms with Crippen LogP contribution in [0.2, 0.25) is 0 Å². The molecule has 4 nitrogen and oxygen atoms in total. The maximum atomic E-state index is 12.9. The fourth-order valence-electron chi connectivity index (χ4n) is 3.86. The number of aryl methyl sites for hydroxylation is 1. The molecule has 29 heavy (non-hydrogen) atoms. The predicted molar refractivity (Wildman–Crippen MR) is 115 cm³/mol. The van der Waals surface area contributed by atoms with Gasteiger partial charge in [-0.25, -0.2) is 4.79 Å². The van der Waals surface area contributed by atoms with Crippen LogP contribution in [-0.2, 0) is 9.47 Å². The van der Waals surface area contributed by atoms with Crippen LogP contribution in [-0.4, -0.2) is 24.8 Å². The van der Waals surface area contributed by atoms with Crippen LogP contribution in [0.25, 0.3) is 22.2 Å². The van der Waals surface area contributed by atoms with Crippen molar-refractivity contribution in [2.45, 2.75) is 13.2 Å². The van der Waals surface area contributed by atoms with E-state index in [0.717, 1.165) is 33.3 Å². The molecule has 0 aliphatic carbocycles. The van der Waals surface area contributed by atoms with Crippen molar-refractivity contribution < 1.29 is 14.3 Å². The van der Waals surface area contributed by atoms with Crippen LogP contribution >= 0.6 is 0 Å². The molecule has 0 N–H and O–H groups in total. The number of esters is 1. The molecule has 0 fully saturated rings. The van der Waals surface area contributed by atoms with Crippen LogP contribution < -0.4 is 0 Å². The summed E-state index contributed by atoms with van der Waals surface area (Å²) in [5.74, 6) is -0.362. The smallest absolute Gasteiger partial charge is 0.340 e. The predicted octanol–water partition coefficient (Wildman–Crippen LogP) is 5.60. The van der Waals surface area contributed by atoms with Crippen molar-refractivity contribution >= 4 is 16.9 Å². The maximum Gasteiger partial charge on any atom is 0.340 e. The first kappa shape index (κ1) is 19.0. The Morgan fingerprint density at radius 1 is 0.897 bits per heavy atom. The largest absolute Gasteiger partial charge is 0.465 e. The lowest BCUT2D eigenvalue weighted by atomic mass is 10.0. The third-order valence-corrected chi connectivity index (χ3v) is 5.14. The van der Waals surface area contributed by atoms with Crippen LogP contribution in [0.3, 0.4) is 0 Å². The minimum atomic E-state index is -0.394. The van der Waals surface area contributed by atoms with Gasteiger partial charge in [-0.3, -0.25) is 0 Å². The lowest BCUT2D eigenvalue weighted by Gasteiger charge is -2.22. The van der Waals surface area contributed by atoms with Gasteiger partial charge in [-0.15, -0.1) is 0 Å². The van der Waals surface area contributed by atoms with Gasteiger partial charge in [0, 0.05) is 18.1 Å². The number of hydrogen-bond donors (Lipinski definition) is 0. The van der Waals surface area contributed by atoms with E-state index in [-0.39, 0.29) is 5.97 Å². The summed E-state index contributed by atoms with van der Waals surface area (Å²) in [7, 11) is 3.10. The van der Waals surface area contributed by atoms with Crippen LogP contribution in [0.1, 0.15) is 27.7 Å². The van der Waals surface area contributed by atoms with E-state index in [9.17, 15) is 4.79 Å². The molecule has 1 unspecified atom stereocenters. The summed E-state index contributed by atoms with van der Waals surface area (Å²) < 4.78 is 13.2. The minimum absolute atomic E-state index is 0.362. The van der Waals surface area contributed by atoms with Crippen LogP contribution in [0.15, 0.2) is 78.9 Å². The molecule has 0 saturated heterocycles. The van der Waals surface area contributed by atoms with Gasteiger partial charge in [-0.1, -0.05) is 72.8 Å². The standard InChI is InChI=1S/C25H23NO3/c1-17-14-15-20-21(16-17)26(24(28-2)19-12-8-5-9-13-19)23(22(20)25(27)29-3)18-10-6-4-7-11-18/h4-16,24H,1-3H3. The van der Waals surface area contributed by atoms with Gasteiger partial charge in [-0.2, -0.15) is 0 Å². The number of aromatic nitrogens is 1. The van der Waals surface area contributed by atoms with Crippen LogP contribution in [0, 0.1) is 6.92 Å². The topological polar surface area (TPSA) is 40.5 Å². The molecule has 1 atom stereocenters. The monoisotopic (exact) mass is 385 g/mol. The van der Waals surface area contributed by atoms with Crippen molar-refractivity contribution in [3.8, 4) is 11.3 Å². The molecule has 0 saturated carbocycles. The Hall–Kier alpha value is -3.37. The van der Waals surface area contributed by atoms with Crippen molar-refractivity contribution in [3.05, 3.63) is 95.6 Å². The molecule has 0 amide bonds. The van der Waals surface area contributed by atoms with E-state index < -0.39 is 6.23 Å². The number of rotatable bonds is 5. The van der Waals surface area contributed by atoms with E-state index >= 15 is 0 Å². The second-order valence-corrected chi connectivity index (χ2v) is 6.97. The zero-order chi connectivity index (χ0) is 20.4. The molecule has 1 aromatic heterocycles. The molecule has 4 heteroatoms. The molecular formula is C25H23NO3. The highest BCUT2D eigenvalue weighted by atomic mass is 16.5. The number of carbonyl (C=O) groups is 1. The molecule has 1 heterocycles. The molecular weight excluding hydrogens is 362 g/mol. The van der Waals surface area contributed by atoms with Gasteiger partial charge >= 0.3 is 5.97 Å². The van der Waals surface area contributed by atoms with Gasteiger partial charge < -0.3 is 14.0 Å². The first-order valence-corrected chi connectivity index (χ1v) is 9.51. The fraction of sp³-hybridized carbons (Fsp3) is 0.160. The van der Waals surface area contributed by atoms with E-state index in [1.54, 1.807) is 7.11 Å². The highest BCUT2D eigenvalue weighted by molar-refractivity contribution is 6.10. The van der Waals surface area contributed by atoms with Crippen molar-refractivity contribution in [1.29, 1.82) is 0 Å². The number of hydrogen-bond acceptors (Lipinski definition) is 3. The first-order valence-electron chi connectivity index (χ1n) is 9.51. The second kappa shape index (κ2) is 7.94. The number of methoxy groups -OCH3 is 2. The first-order chi connectivity index (χ1) is 14.2. The molecule has 0 aliphatic heterocycles. The Morgan fingerprint density at radius 2 is 1.55 bits per heavy atom. The van der Waals surface area contributed by atoms with Crippen molar-refractivity contribution in [3.63, 3.8) is 0 Å². The maximum absolute atomic E-state index is 12.9. The zero-order valence-corrected chi connectivity index (χ0v) is 16.8. The van der Waals surface area contributed by atoms with Gasteiger partial charge in [0.15, 0.2) is 6.23 Å². The van der Waals surface area contributed by atoms with Crippen molar-refractivity contribution in [2.24, 2.45) is 0 Å². The number of benzene rings is 3. The molecule has 0 radical (unpaired) electrons. The summed E-state index contributed by atoms with van der Waals surface area (Å²) in [5.41, 5.74) is 5.30. The zero-order valence-electron chi connectivity index (χ0n) is 16.8. The van der Waals surface area contributed by atoms with Crippen molar-refractivity contribution in [2.75, 3.05) is 14.2 Å². The number of carbonyl (C=O) groups excluding carboxylic acids is 1. The van der Waals surface area contributed by atoms with Crippen molar-refractivity contribution in [1.82, 2.24) is 4.57 Å². The van der Waals surface area contributed by atoms with Gasteiger partial charge in [0.2, 0.25) is 0 Å². The summed E-state index contributed by atoms with van der Waals surface area (Å²) in [6.07, 6.45) is -0.394. The number of nitrogens with zero attached hydrogens (tertiary/aromatic N) is 1. The Bertz CT molecular complexity index is 1150. The van der Waals surface area contributed by atoms with E-state index in [4.69, 9.17) is 9.47 Å². The summed E-state index contributed by atoms with van der Waals surface area (Å²) in [4.78, 5) is 12.9.